The van der Waals surface area contributed by atoms with E-state index in [1.54, 1.807) is 13.1 Å². The Morgan fingerprint density at radius 3 is 2.81 bits per heavy atom. The highest BCUT2D eigenvalue weighted by molar-refractivity contribution is 7.99. The van der Waals surface area contributed by atoms with E-state index in [9.17, 15) is 9.59 Å². The number of carbonyl (C=O) groups is 2. The first-order valence-corrected chi connectivity index (χ1v) is 10.6. The van der Waals surface area contributed by atoms with Crippen LogP contribution in [-0.2, 0) is 9.53 Å². The number of nitrogens with one attached hydrogen (secondary N) is 1. The third kappa shape index (κ3) is 4.51. The zero-order valence-electron chi connectivity index (χ0n) is 13.9. The van der Waals surface area contributed by atoms with Gasteiger partial charge in [-0.25, -0.2) is 9.78 Å². The molecule has 0 spiro atoms. The van der Waals surface area contributed by atoms with Crippen molar-refractivity contribution < 1.29 is 14.3 Å². The van der Waals surface area contributed by atoms with Gasteiger partial charge in [-0.1, -0.05) is 23.9 Å². The number of thiophene rings is 2. The summed E-state index contributed by atoms with van der Waals surface area (Å²) in [7, 11) is 0. The molecule has 3 rings (SSSR count). The van der Waals surface area contributed by atoms with Gasteiger partial charge in [0.15, 0.2) is 0 Å². The third-order valence-corrected chi connectivity index (χ3v) is 6.04. The Hall–Kier alpha value is -2.16. The van der Waals surface area contributed by atoms with E-state index in [1.807, 2.05) is 41.1 Å². The molecule has 3 aromatic rings. The van der Waals surface area contributed by atoms with Crippen LogP contribution in [0, 0.1) is 0 Å². The van der Waals surface area contributed by atoms with E-state index in [-0.39, 0.29) is 18.3 Å². The normalized spacial score (nSPS) is 10.5. The average molecular weight is 405 g/mol. The minimum Gasteiger partial charge on any atom is -0.462 e. The molecule has 0 unspecified atom stereocenters. The van der Waals surface area contributed by atoms with Gasteiger partial charge in [0.25, 0.3) is 0 Å². The van der Waals surface area contributed by atoms with Crippen LogP contribution in [-0.4, -0.2) is 29.2 Å². The fourth-order valence-electron chi connectivity index (χ4n) is 2.20. The largest absolute Gasteiger partial charge is 0.462 e. The minimum absolute atomic E-state index is 0.189. The molecule has 1 amide bonds. The summed E-state index contributed by atoms with van der Waals surface area (Å²) in [6.45, 7) is 2.04. The Kier molecular flexibility index (Phi) is 6.43. The second-order valence-electron chi connectivity index (χ2n) is 5.06. The molecule has 0 atom stereocenters. The zero-order chi connectivity index (χ0) is 18.4. The van der Waals surface area contributed by atoms with Gasteiger partial charge in [0.1, 0.15) is 10.6 Å². The van der Waals surface area contributed by atoms with E-state index in [4.69, 9.17) is 4.74 Å². The van der Waals surface area contributed by atoms with E-state index in [2.05, 4.69) is 10.3 Å². The number of esters is 1. The molecule has 0 saturated carbocycles. The van der Waals surface area contributed by atoms with Crippen molar-refractivity contribution in [2.24, 2.45) is 0 Å². The lowest BCUT2D eigenvalue weighted by molar-refractivity contribution is -0.113. The molecule has 134 valence electrons. The van der Waals surface area contributed by atoms with Crippen molar-refractivity contribution >= 4 is 51.3 Å². The van der Waals surface area contributed by atoms with Gasteiger partial charge in [-0.2, -0.15) is 0 Å². The summed E-state index contributed by atoms with van der Waals surface area (Å²) in [5.41, 5.74) is 1.20. The zero-order valence-corrected chi connectivity index (χ0v) is 16.4. The molecule has 0 aromatic carbocycles. The van der Waals surface area contributed by atoms with Crippen LogP contribution < -0.4 is 5.32 Å². The number of anilines is 1. The summed E-state index contributed by atoms with van der Waals surface area (Å²) >= 11 is 4.21. The fourth-order valence-corrected chi connectivity index (χ4v) is 4.65. The fraction of sp³-hybridized carbons (Fsp3) is 0.167. The van der Waals surface area contributed by atoms with Gasteiger partial charge in [0, 0.05) is 22.0 Å². The average Bonchev–Trinajstić information content (AvgIpc) is 3.30. The molecule has 5 nitrogen and oxygen atoms in total. The van der Waals surface area contributed by atoms with Crippen LogP contribution in [0.25, 0.3) is 10.4 Å². The molecule has 0 aliphatic carbocycles. The lowest BCUT2D eigenvalue weighted by Crippen LogP contribution is -2.16. The molecule has 0 bridgehead atoms. The van der Waals surface area contributed by atoms with Crippen LogP contribution in [0.15, 0.2) is 52.3 Å². The van der Waals surface area contributed by atoms with Crippen LogP contribution in [0.2, 0.25) is 0 Å². The maximum Gasteiger partial charge on any atom is 0.341 e. The topological polar surface area (TPSA) is 68.3 Å². The number of aromatic nitrogens is 1. The molecule has 0 aliphatic heterocycles. The number of thioether (sulfide) groups is 1. The van der Waals surface area contributed by atoms with Gasteiger partial charge in [0.2, 0.25) is 5.91 Å². The molecule has 1 N–H and O–H groups in total. The van der Waals surface area contributed by atoms with Crippen LogP contribution in [0.5, 0.6) is 0 Å². The van der Waals surface area contributed by atoms with E-state index in [0.717, 1.165) is 15.5 Å². The van der Waals surface area contributed by atoms with E-state index in [0.29, 0.717) is 10.6 Å². The van der Waals surface area contributed by atoms with Gasteiger partial charge in [0.05, 0.1) is 17.4 Å². The number of carbonyl (C=O) groups excluding carboxylic acids is 2. The number of hydrogen-bond acceptors (Lipinski definition) is 7. The number of hydrogen-bond donors (Lipinski definition) is 1. The summed E-state index contributed by atoms with van der Waals surface area (Å²) in [5.74, 6) is -0.401. The van der Waals surface area contributed by atoms with E-state index >= 15 is 0 Å². The number of rotatable bonds is 7. The van der Waals surface area contributed by atoms with Crippen molar-refractivity contribution in [1.29, 1.82) is 0 Å². The molecule has 3 heterocycles. The highest BCUT2D eigenvalue weighted by Gasteiger charge is 2.23. The first-order chi connectivity index (χ1) is 12.7. The van der Waals surface area contributed by atoms with Crippen LogP contribution in [0.4, 0.5) is 5.00 Å². The second-order valence-corrected chi connectivity index (χ2v) is 7.88. The van der Waals surface area contributed by atoms with Crippen molar-refractivity contribution in [2.75, 3.05) is 17.7 Å². The van der Waals surface area contributed by atoms with Crippen molar-refractivity contribution in [3.05, 3.63) is 52.9 Å². The van der Waals surface area contributed by atoms with Gasteiger partial charge < -0.3 is 10.1 Å². The molecular formula is C18H16N2O3S3. The van der Waals surface area contributed by atoms with Crippen molar-refractivity contribution in [2.45, 2.75) is 11.9 Å². The SMILES string of the molecule is CCOC(=O)c1c(-c2cccs2)csc1NC(=O)CSc1ccccn1. The summed E-state index contributed by atoms with van der Waals surface area (Å²) in [4.78, 5) is 29.9. The van der Waals surface area contributed by atoms with Gasteiger partial charge in [-0.05, 0) is 30.5 Å². The van der Waals surface area contributed by atoms with E-state index < -0.39 is 5.97 Å². The minimum atomic E-state index is -0.426. The summed E-state index contributed by atoms with van der Waals surface area (Å²) in [6, 6.07) is 9.42. The highest BCUT2D eigenvalue weighted by atomic mass is 32.2. The highest BCUT2D eigenvalue weighted by Crippen LogP contribution is 2.38. The predicted octanol–water partition coefficient (Wildman–Crippen LogP) is 4.78. The Morgan fingerprint density at radius 1 is 1.23 bits per heavy atom. The Morgan fingerprint density at radius 2 is 2.12 bits per heavy atom. The van der Waals surface area contributed by atoms with Crippen molar-refractivity contribution in [3.8, 4) is 10.4 Å². The Labute approximate surface area is 163 Å². The predicted molar refractivity (Wildman–Crippen MR) is 107 cm³/mol. The Bertz CT molecular complexity index is 876. The smallest absolute Gasteiger partial charge is 0.341 e. The maximum absolute atomic E-state index is 12.4. The van der Waals surface area contributed by atoms with Gasteiger partial charge in [-0.15, -0.1) is 22.7 Å². The standard InChI is InChI=1S/C18H16N2O3S3/c1-2-23-18(22)16-12(13-6-5-9-24-13)10-26-17(16)20-14(21)11-25-15-7-3-4-8-19-15/h3-10H,2,11H2,1H3,(H,20,21). The molecule has 8 heteroatoms. The van der Waals surface area contributed by atoms with Crippen molar-refractivity contribution in [1.82, 2.24) is 4.98 Å². The van der Waals surface area contributed by atoms with Crippen LogP contribution in [0.3, 0.4) is 0 Å². The van der Waals surface area contributed by atoms with Gasteiger partial charge in [-0.3, -0.25) is 4.79 Å². The quantitative estimate of drug-likeness (QED) is 0.453. The van der Waals surface area contributed by atoms with Crippen LogP contribution >= 0.6 is 34.4 Å². The lowest BCUT2D eigenvalue weighted by atomic mass is 10.1. The molecule has 0 fully saturated rings. The molecule has 0 radical (unpaired) electrons. The first-order valence-electron chi connectivity index (χ1n) is 7.85. The number of ether oxygens (including phenoxy) is 1. The number of amides is 1. The molecular weight excluding hydrogens is 388 g/mol. The van der Waals surface area contributed by atoms with Gasteiger partial charge >= 0.3 is 5.97 Å². The maximum atomic E-state index is 12.4. The van der Waals surface area contributed by atoms with Crippen LogP contribution in [0.1, 0.15) is 17.3 Å². The van der Waals surface area contributed by atoms with Crippen molar-refractivity contribution in [3.63, 3.8) is 0 Å². The number of pyridine rings is 1. The van der Waals surface area contributed by atoms with E-state index in [1.165, 1.54) is 34.4 Å². The summed E-state index contributed by atoms with van der Waals surface area (Å²) in [6.07, 6.45) is 1.69. The third-order valence-electron chi connectivity index (χ3n) is 3.30. The lowest BCUT2D eigenvalue weighted by Gasteiger charge is -2.08. The molecule has 26 heavy (non-hydrogen) atoms. The monoisotopic (exact) mass is 404 g/mol. The Balaban J connectivity index is 1.76. The molecule has 0 saturated heterocycles. The summed E-state index contributed by atoms with van der Waals surface area (Å²) < 4.78 is 5.18. The second kappa shape index (κ2) is 8.98. The number of nitrogens with zero attached hydrogens (tertiary/aromatic N) is 1. The summed E-state index contributed by atoms with van der Waals surface area (Å²) in [5, 5.41) is 7.95. The first kappa shape index (κ1) is 18.6. The molecule has 0 aliphatic rings. The molecule has 3 aromatic heterocycles.